The molecule has 0 saturated carbocycles. The van der Waals surface area contributed by atoms with Crippen LogP contribution in [0.3, 0.4) is 0 Å². The number of nitrogens with zero attached hydrogens (tertiary/aromatic N) is 2. The second-order valence-corrected chi connectivity index (χ2v) is 5.08. The van der Waals surface area contributed by atoms with E-state index in [0.29, 0.717) is 0 Å². The summed E-state index contributed by atoms with van der Waals surface area (Å²) in [5, 5.41) is 0. The van der Waals surface area contributed by atoms with E-state index in [2.05, 4.69) is 29.0 Å². The molecule has 1 aromatic rings. The molecule has 2 rings (SSSR count). The number of rotatable bonds is 5. The van der Waals surface area contributed by atoms with Crippen molar-refractivity contribution >= 4 is 0 Å². The van der Waals surface area contributed by atoms with Crippen LogP contribution in [0.15, 0.2) is 18.2 Å². The lowest BCUT2D eigenvalue weighted by atomic mass is 10.1. The third kappa shape index (κ3) is 3.85. The van der Waals surface area contributed by atoms with Crippen LogP contribution < -0.4 is 9.47 Å². The lowest BCUT2D eigenvalue weighted by molar-refractivity contribution is 0.155. The van der Waals surface area contributed by atoms with Gasteiger partial charge in [-0.3, -0.25) is 0 Å². The van der Waals surface area contributed by atoms with Gasteiger partial charge in [0.1, 0.15) is 0 Å². The van der Waals surface area contributed by atoms with Gasteiger partial charge in [0.25, 0.3) is 0 Å². The lowest BCUT2D eigenvalue weighted by Crippen LogP contribution is -2.45. The molecule has 1 aliphatic rings. The topological polar surface area (TPSA) is 24.9 Å². The van der Waals surface area contributed by atoms with Crippen LogP contribution in [0.5, 0.6) is 11.5 Å². The van der Waals surface area contributed by atoms with Crippen molar-refractivity contribution < 1.29 is 9.47 Å². The van der Waals surface area contributed by atoms with Crippen LogP contribution in [0.4, 0.5) is 0 Å². The molecule has 0 amide bonds. The average molecular weight is 264 g/mol. The minimum atomic E-state index is 0.797. The standard InChI is InChI=1S/C15H24N2O2/c1-16-8-10-17(11-9-16)7-6-13-4-5-14(18-2)15(12-13)19-3/h4-5,12H,6-11H2,1-3H3. The van der Waals surface area contributed by atoms with Crippen LogP contribution in [0, 0.1) is 0 Å². The second-order valence-electron chi connectivity index (χ2n) is 5.08. The molecular weight excluding hydrogens is 240 g/mol. The van der Waals surface area contributed by atoms with Gasteiger partial charge < -0.3 is 19.3 Å². The van der Waals surface area contributed by atoms with Crippen molar-refractivity contribution in [3.63, 3.8) is 0 Å². The number of benzene rings is 1. The van der Waals surface area contributed by atoms with Gasteiger partial charge in [0.05, 0.1) is 14.2 Å². The van der Waals surface area contributed by atoms with E-state index >= 15 is 0 Å². The average Bonchev–Trinajstić information content (AvgIpc) is 2.46. The molecule has 106 valence electrons. The maximum Gasteiger partial charge on any atom is 0.160 e. The van der Waals surface area contributed by atoms with Crippen molar-refractivity contribution in [1.29, 1.82) is 0 Å². The molecule has 0 bridgehead atoms. The van der Waals surface area contributed by atoms with Gasteiger partial charge in [-0.25, -0.2) is 0 Å². The fourth-order valence-electron chi connectivity index (χ4n) is 2.39. The summed E-state index contributed by atoms with van der Waals surface area (Å²) in [6, 6.07) is 6.18. The Bertz CT molecular complexity index is 401. The zero-order chi connectivity index (χ0) is 13.7. The van der Waals surface area contributed by atoms with Crippen molar-refractivity contribution in [2.45, 2.75) is 6.42 Å². The summed E-state index contributed by atoms with van der Waals surface area (Å²) in [6.45, 7) is 5.80. The molecule has 0 spiro atoms. The van der Waals surface area contributed by atoms with Crippen molar-refractivity contribution in [1.82, 2.24) is 9.80 Å². The molecule has 0 atom stereocenters. The Kier molecular flexibility index (Phi) is 5.05. The Balaban J connectivity index is 1.89. The molecule has 19 heavy (non-hydrogen) atoms. The van der Waals surface area contributed by atoms with E-state index in [1.54, 1.807) is 14.2 Å². The second kappa shape index (κ2) is 6.78. The van der Waals surface area contributed by atoms with Gasteiger partial charge in [-0.1, -0.05) is 6.07 Å². The Morgan fingerprint density at radius 3 is 2.32 bits per heavy atom. The Labute approximate surface area is 115 Å². The number of hydrogen-bond acceptors (Lipinski definition) is 4. The SMILES string of the molecule is COc1ccc(CCN2CCN(C)CC2)cc1OC. The molecule has 1 heterocycles. The molecule has 4 heteroatoms. The summed E-state index contributed by atoms with van der Waals surface area (Å²) >= 11 is 0. The van der Waals surface area contributed by atoms with Crippen molar-refractivity contribution in [3.05, 3.63) is 23.8 Å². The fraction of sp³-hybridized carbons (Fsp3) is 0.600. The van der Waals surface area contributed by atoms with Gasteiger partial charge in [0.2, 0.25) is 0 Å². The van der Waals surface area contributed by atoms with E-state index in [4.69, 9.17) is 9.47 Å². The monoisotopic (exact) mass is 264 g/mol. The summed E-state index contributed by atoms with van der Waals surface area (Å²) in [4.78, 5) is 4.91. The molecule has 1 saturated heterocycles. The molecule has 0 radical (unpaired) electrons. The summed E-state index contributed by atoms with van der Waals surface area (Å²) in [6.07, 6.45) is 1.06. The van der Waals surface area contributed by atoms with Crippen LogP contribution in [0.2, 0.25) is 0 Å². The summed E-state index contributed by atoms with van der Waals surface area (Å²) < 4.78 is 10.6. The maximum atomic E-state index is 5.34. The van der Waals surface area contributed by atoms with E-state index in [0.717, 1.165) is 24.5 Å². The van der Waals surface area contributed by atoms with Crippen LogP contribution in [0.1, 0.15) is 5.56 Å². The van der Waals surface area contributed by atoms with E-state index in [1.807, 2.05) is 6.07 Å². The number of piperazine rings is 1. The molecule has 4 nitrogen and oxygen atoms in total. The minimum Gasteiger partial charge on any atom is -0.493 e. The molecule has 1 fully saturated rings. The predicted octanol–water partition coefficient (Wildman–Crippen LogP) is 1.49. The van der Waals surface area contributed by atoms with E-state index in [-0.39, 0.29) is 0 Å². The van der Waals surface area contributed by atoms with Crippen LogP contribution in [-0.4, -0.2) is 63.8 Å². The first-order valence-electron chi connectivity index (χ1n) is 6.84. The number of hydrogen-bond donors (Lipinski definition) is 0. The third-order valence-corrected chi connectivity index (χ3v) is 3.76. The highest BCUT2D eigenvalue weighted by atomic mass is 16.5. The first-order valence-corrected chi connectivity index (χ1v) is 6.84. The van der Waals surface area contributed by atoms with Gasteiger partial charge in [-0.15, -0.1) is 0 Å². The number of ether oxygens (including phenoxy) is 2. The van der Waals surface area contributed by atoms with Gasteiger partial charge in [-0.05, 0) is 31.2 Å². The number of likely N-dealkylation sites (N-methyl/N-ethyl adjacent to an activating group) is 1. The third-order valence-electron chi connectivity index (χ3n) is 3.76. The van der Waals surface area contributed by atoms with E-state index in [1.165, 1.54) is 31.7 Å². The largest absolute Gasteiger partial charge is 0.493 e. The van der Waals surface area contributed by atoms with Crippen molar-refractivity contribution in [3.8, 4) is 11.5 Å². The molecule has 0 aliphatic carbocycles. The smallest absolute Gasteiger partial charge is 0.160 e. The fourth-order valence-corrected chi connectivity index (χ4v) is 2.39. The van der Waals surface area contributed by atoms with Gasteiger partial charge in [0, 0.05) is 32.7 Å². The van der Waals surface area contributed by atoms with Crippen LogP contribution in [0.25, 0.3) is 0 Å². The zero-order valence-corrected chi connectivity index (χ0v) is 12.2. The minimum absolute atomic E-state index is 0.797. The molecule has 1 aliphatic heterocycles. The molecule has 0 unspecified atom stereocenters. The van der Waals surface area contributed by atoms with Gasteiger partial charge >= 0.3 is 0 Å². The predicted molar refractivity (Wildman–Crippen MR) is 77.2 cm³/mol. The van der Waals surface area contributed by atoms with Crippen LogP contribution in [-0.2, 0) is 6.42 Å². The van der Waals surface area contributed by atoms with E-state index < -0.39 is 0 Å². The van der Waals surface area contributed by atoms with E-state index in [9.17, 15) is 0 Å². The molecule has 1 aromatic carbocycles. The first kappa shape index (κ1) is 14.2. The highest BCUT2D eigenvalue weighted by molar-refractivity contribution is 5.42. The van der Waals surface area contributed by atoms with Gasteiger partial charge in [0.15, 0.2) is 11.5 Å². The van der Waals surface area contributed by atoms with Crippen molar-refractivity contribution in [2.24, 2.45) is 0 Å². The highest BCUT2D eigenvalue weighted by Crippen LogP contribution is 2.27. The lowest BCUT2D eigenvalue weighted by Gasteiger charge is -2.32. The Morgan fingerprint density at radius 1 is 1.00 bits per heavy atom. The first-order chi connectivity index (χ1) is 9.22. The quantitative estimate of drug-likeness (QED) is 0.804. The number of methoxy groups -OCH3 is 2. The molecular formula is C15H24N2O2. The van der Waals surface area contributed by atoms with Gasteiger partial charge in [-0.2, -0.15) is 0 Å². The Morgan fingerprint density at radius 2 is 1.68 bits per heavy atom. The summed E-state index contributed by atoms with van der Waals surface area (Å²) in [5.74, 6) is 1.62. The van der Waals surface area contributed by atoms with Crippen LogP contribution >= 0.6 is 0 Å². The normalized spacial score (nSPS) is 17.4. The maximum absolute atomic E-state index is 5.34. The molecule has 0 aromatic heterocycles. The highest BCUT2D eigenvalue weighted by Gasteiger charge is 2.13. The summed E-state index contributed by atoms with van der Waals surface area (Å²) in [7, 11) is 5.54. The summed E-state index contributed by atoms with van der Waals surface area (Å²) in [5.41, 5.74) is 1.30. The Hall–Kier alpha value is -1.26. The molecule has 0 N–H and O–H groups in total. The van der Waals surface area contributed by atoms with Crippen molar-refractivity contribution in [2.75, 3.05) is 54.0 Å². The zero-order valence-electron chi connectivity index (χ0n) is 12.2.